The molecular weight excluding hydrogens is 254 g/mol. The number of ether oxygens (including phenoxy) is 3. The van der Waals surface area contributed by atoms with E-state index in [1.165, 1.54) is 12.0 Å². The first kappa shape index (κ1) is 15.3. The molecule has 1 aliphatic rings. The molecule has 0 spiro atoms. The molecule has 1 amide bonds. The SMILES string of the molecule is COC(=O)CCC1C(=O)OCN1C(=O)OC(C)(C)C. The van der Waals surface area contributed by atoms with E-state index in [0.29, 0.717) is 0 Å². The molecule has 1 heterocycles. The van der Waals surface area contributed by atoms with E-state index in [-0.39, 0.29) is 19.6 Å². The summed E-state index contributed by atoms with van der Waals surface area (Å²) in [6.45, 7) is 5.03. The second-order valence-electron chi connectivity index (χ2n) is 5.17. The molecule has 1 aliphatic heterocycles. The van der Waals surface area contributed by atoms with Crippen LogP contribution in [0.25, 0.3) is 0 Å². The summed E-state index contributed by atoms with van der Waals surface area (Å²) >= 11 is 0. The molecule has 1 rings (SSSR count). The Morgan fingerprint density at radius 3 is 2.58 bits per heavy atom. The van der Waals surface area contributed by atoms with Crippen LogP contribution in [-0.4, -0.2) is 48.4 Å². The van der Waals surface area contributed by atoms with E-state index in [1.54, 1.807) is 20.8 Å². The number of nitrogens with zero attached hydrogens (tertiary/aromatic N) is 1. The van der Waals surface area contributed by atoms with Gasteiger partial charge >= 0.3 is 18.0 Å². The van der Waals surface area contributed by atoms with Gasteiger partial charge in [-0.2, -0.15) is 0 Å². The zero-order chi connectivity index (χ0) is 14.6. The van der Waals surface area contributed by atoms with E-state index in [0.717, 1.165) is 0 Å². The first-order valence-corrected chi connectivity index (χ1v) is 5.97. The third-order valence-electron chi connectivity index (χ3n) is 2.47. The molecule has 0 N–H and O–H groups in total. The van der Waals surface area contributed by atoms with E-state index in [9.17, 15) is 14.4 Å². The molecule has 108 valence electrons. The van der Waals surface area contributed by atoms with E-state index < -0.39 is 29.7 Å². The fourth-order valence-corrected chi connectivity index (χ4v) is 1.58. The lowest BCUT2D eigenvalue weighted by atomic mass is 10.1. The Hall–Kier alpha value is -1.79. The van der Waals surface area contributed by atoms with Crippen LogP contribution < -0.4 is 0 Å². The first-order valence-electron chi connectivity index (χ1n) is 5.97. The Morgan fingerprint density at radius 2 is 2.05 bits per heavy atom. The number of hydrogen-bond donors (Lipinski definition) is 0. The highest BCUT2D eigenvalue weighted by Gasteiger charge is 2.39. The molecule has 7 heteroatoms. The second kappa shape index (κ2) is 5.90. The number of hydrogen-bond acceptors (Lipinski definition) is 6. The van der Waals surface area contributed by atoms with Gasteiger partial charge in [-0.25, -0.2) is 9.59 Å². The average molecular weight is 273 g/mol. The number of carbonyl (C=O) groups excluding carboxylic acids is 3. The minimum Gasteiger partial charge on any atom is -0.469 e. The summed E-state index contributed by atoms with van der Waals surface area (Å²) in [5.41, 5.74) is -0.657. The smallest absolute Gasteiger partial charge is 0.413 e. The fourth-order valence-electron chi connectivity index (χ4n) is 1.58. The van der Waals surface area contributed by atoms with Crippen LogP contribution >= 0.6 is 0 Å². The standard InChI is InChI=1S/C12H19NO6/c1-12(2,3)19-11(16)13-7-18-10(15)8(13)5-6-9(14)17-4/h8H,5-7H2,1-4H3. The lowest BCUT2D eigenvalue weighted by Crippen LogP contribution is -2.41. The molecule has 0 radical (unpaired) electrons. The Bertz CT molecular complexity index is 373. The van der Waals surface area contributed by atoms with Crippen molar-refractivity contribution >= 4 is 18.0 Å². The van der Waals surface area contributed by atoms with Crippen molar-refractivity contribution in [3.8, 4) is 0 Å². The molecule has 0 bridgehead atoms. The molecule has 1 fully saturated rings. The number of rotatable bonds is 3. The summed E-state index contributed by atoms with van der Waals surface area (Å²) in [5, 5.41) is 0. The highest BCUT2D eigenvalue weighted by molar-refractivity contribution is 5.84. The number of esters is 2. The van der Waals surface area contributed by atoms with Gasteiger partial charge in [0, 0.05) is 6.42 Å². The zero-order valence-electron chi connectivity index (χ0n) is 11.6. The van der Waals surface area contributed by atoms with Crippen LogP contribution in [0.4, 0.5) is 4.79 Å². The van der Waals surface area contributed by atoms with Crippen LogP contribution in [0.15, 0.2) is 0 Å². The van der Waals surface area contributed by atoms with Crippen molar-refractivity contribution in [1.29, 1.82) is 0 Å². The van der Waals surface area contributed by atoms with Crippen molar-refractivity contribution in [2.45, 2.75) is 45.3 Å². The first-order chi connectivity index (χ1) is 8.74. The van der Waals surface area contributed by atoms with Crippen molar-refractivity contribution in [2.24, 2.45) is 0 Å². The van der Waals surface area contributed by atoms with Gasteiger partial charge in [-0.3, -0.25) is 9.69 Å². The summed E-state index contributed by atoms with van der Waals surface area (Å²) in [6.07, 6.45) is -0.437. The highest BCUT2D eigenvalue weighted by Crippen LogP contribution is 2.20. The van der Waals surface area contributed by atoms with Crippen LogP contribution in [0, 0.1) is 0 Å². The predicted octanol–water partition coefficient (Wildman–Crippen LogP) is 1.06. The maximum absolute atomic E-state index is 11.9. The molecule has 7 nitrogen and oxygen atoms in total. The fraction of sp³-hybridized carbons (Fsp3) is 0.750. The van der Waals surface area contributed by atoms with Gasteiger partial charge in [-0.15, -0.1) is 0 Å². The topological polar surface area (TPSA) is 82.1 Å². The van der Waals surface area contributed by atoms with Crippen LogP contribution in [0.1, 0.15) is 33.6 Å². The molecule has 0 saturated carbocycles. The van der Waals surface area contributed by atoms with E-state index >= 15 is 0 Å². The molecule has 1 atom stereocenters. The van der Waals surface area contributed by atoms with Crippen molar-refractivity contribution in [1.82, 2.24) is 4.90 Å². The summed E-state index contributed by atoms with van der Waals surface area (Å²) in [5.74, 6) is -0.974. The van der Waals surface area contributed by atoms with E-state index in [4.69, 9.17) is 9.47 Å². The highest BCUT2D eigenvalue weighted by atomic mass is 16.6. The summed E-state index contributed by atoms with van der Waals surface area (Å²) in [6, 6.07) is -0.797. The van der Waals surface area contributed by atoms with Gasteiger partial charge in [0.25, 0.3) is 0 Å². The number of amides is 1. The van der Waals surface area contributed by atoms with Gasteiger partial charge in [0.1, 0.15) is 11.6 Å². The molecule has 1 saturated heterocycles. The maximum atomic E-state index is 11.9. The molecule has 0 aromatic carbocycles. The second-order valence-corrected chi connectivity index (χ2v) is 5.17. The van der Waals surface area contributed by atoms with Gasteiger partial charge in [0.15, 0.2) is 6.73 Å². The van der Waals surface area contributed by atoms with Gasteiger partial charge in [-0.1, -0.05) is 0 Å². The summed E-state index contributed by atoms with van der Waals surface area (Å²) in [4.78, 5) is 35.7. The van der Waals surface area contributed by atoms with Crippen LogP contribution in [0.2, 0.25) is 0 Å². The third kappa shape index (κ3) is 4.42. The molecule has 19 heavy (non-hydrogen) atoms. The molecular formula is C12H19NO6. The van der Waals surface area contributed by atoms with Gasteiger partial charge in [0.2, 0.25) is 0 Å². The van der Waals surface area contributed by atoms with Crippen LogP contribution in [-0.2, 0) is 23.8 Å². The minimum absolute atomic E-state index is 0.0373. The number of cyclic esters (lactones) is 1. The Morgan fingerprint density at radius 1 is 1.42 bits per heavy atom. The quantitative estimate of drug-likeness (QED) is 0.565. The lowest BCUT2D eigenvalue weighted by Gasteiger charge is -2.25. The van der Waals surface area contributed by atoms with Crippen molar-refractivity contribution in [3.63, 3.8) is 0 Å². The van der Waals surface area contributed by atoms with E-state index in [1.807, 2.05) is 0 Å². The van der Waals surface area contributed by atoms with E-state index in [2.05, 4.69) is 4.74 Å². The normalized spacial score (nSPS) is 19.1. The Labute approximate surface area is 111 Å². The lowest BCUT2D eigenvalue weighted by molar-refractivity contribution is -0.141. The Kier molecular flexibility index (Phi) is 4.74. The van der Waals surface area contributed by atoms with Crippen LogP contribution in [0.5, 0.6) is 0 Å². The predicted molar refractivity (Wildman–Crippen MR) is 64.1 cm³/mol. The zero-order valence-corrected chi connectivity index (χ0v) is 11.6. The van der Waals surface area contributed by atoms with Gasteiger partial charge < -0.3 is 14.2 Å². The maximum Gasteiger partial charge on any atom is 0.413 e. The summed E-state index contributed by atoms with van der Waals surface area (Å²) in [7, 11) is 1.26. The monoisotopic (exact) mass is 273 g/mol. The van der Waals surface area contributed by atoms with Gasteiger partial charge in [0.05, 0.1) is 7.11 Å². The van der Waals surface area contributed by atoms with Crippen molar-refractivity contribution < 1.29 is 28.6 Å². The molecule has 0 aromatic heterocycles. The minimum atomic E-state index is -0.797. The molecule has 1 unspecified atom stereocenters. The molecule has 0 aromatic rings. The summed E-state index contributed by atoms with van der Waals surface area (Å²) < 4.78 is 14.5. The third-order valence-corrected chi connectivity index (χ3v) is 2.47. The number of methoxy groups -OCH3 is 1. The van der Waals surface area contributed by atoms with Gasteiger partial charge in [-0.05, 0) is 27.2 Å². The van der Waals surface area contributed by atoms with Crippen molar-refractivity contribution in [3.05, 3.63) is 0 Å². The Balaban J connectivity index is 2.63. The molecule has 0 aliphatic carbocycles. The number of carbonyl (C=O) groups is 3. The van der Waals surface area contributed by atoms with Crippen LogP contribution in [0.3, 0.4) is 0 Å². The average Bonchev–Trinajstić information content (AvgIpc) is 2.65. The largest absolute Gasteiger partial charge is 0.469 e. The van der Waals surface area contributed by atoms with Crippen molar-refractivity contribution in [2.75, 3.05) is 13.8 Å².